The molecule has 1 aromatic heterocycles. The Morgan fingerprint density at radius 3 is 2.33 bits per heavy atom. The molecule has 0 aliphatic heterocycles. The van der Waals surface area contributed by atoms with Gasteiger partial charge in [0.2, 0.25) is 0 Å². The fraction of sp³-hybridized carbons (Fsp3) is 0.375. The molecule has 0 aliphatic carbocycles. The number of alkyl halides is 5. The average molecular weight is 227 g/mol. The van der Waals surface area contributed by atoms with Crippen molar-refractivity contribution in [3.63, 3.8) is 0 Å². The van der Waals surface area contributed by atoms with E-state index in [0.29, 0.717) is 6.07 Å². The van der Waals surface area contributed by atoms with Gasteiger partial charge in [-0.3, -0.25) is 4.98 Å². The Kier molecular flexibility index (Phi) is 3.11. The zero-order valence-electron chi connectivity index (χ0n) is 7.48. The molecule has 0 saturated carbocycles. The van der Waals surface area contributed by atoms with Crippen LogP contribution in [0.1, 0.15) is 17.8 Å². The summed E-state index contributed by atoms with van der Waals surface area (Å²) in [7, 11) is 0. The maximum Gasteiger partial charge on any atom is 0.573 e. The Balaban J connectivity index is 2.99. The molecular weight excluding hydrogens is 221 g/mol. The van der Waals surface area contributed by atoms with Crippen molar-refractivity contribution in [1.82, 2.24) is 4.98 Å². The molecule has 7 heteroatoms. The third-order valence-corrected chi connectivity index (χ3v) is 1.40. The second kappa shape index (κ2) is 4.00. The summed E-state index contributed by atoms with van der Waals surface area (Å²) in [6, 6.07) is 1.49. The van der Waals surface area contributed by atoms with Crippen LogP contribution in [-0.2, 0) is 0 Å². The Bertz CT molecular complexity index is 349. The van der Waals surface area contributed by atoms with Gasteiger partial charge < -0.3 is 4.74 Å². The minimum Gasteiger partial charge on any atom is -0.406 e. The highest BCUT2D eigenvalue weighted by atomic mass is 19.4. The highest BCUT2D eigenvalue weighted by Gasteiger charge is 2.31. The van der Waals surface area contributed by atoms with E-state index in [4.69, 9.17) is 0 Å². The zero-order valence-corrected chi connectivity index (χ0v) is 7.48. The lowest BCUT2D eigenvalue weighted by atomic mass is 10.3. The van der Waals surface area contributed by atoms with Crippen LogP contribution < -0.4 is 4.74 Å². The highest BCUT2D eigenvalue weighted by Crippen LogP contribution is 2.26. The van der Waals surface area contributed by atoms with E-state index < -0.39 is 24.2 Å². The van der Waals surface area contributed by atoms with E-state index in [9.17, 15) is 22.0 Å². The highest BCUT2D eigenvalue weighted by molar-refractivity contribution is 5.27. The van der Waals surface area contributed by atoms with Gasteiger partial charge in [-0.05, 0) is 6.92 Å². The maximum absolute atomic E-state index is 12.2. The molecule has 0 unspecified atom stereocenters. The van der Waals surface area contributed by atoms with Gasteiger partial charge in [-0.2, -0.15) is 0 Å². The van der Waals surface area contributed by atoms with Crippen molar-refractivity contribution >= 4 is 0 Å². The van der Waals surface area contributed by atoms with Crippen molar-refractivity contribution in [1.29, 1.82) is 0 Å². The molecule has 0 atom stereocenters. The number of hydrogen-bond acceptors (Lipinski definition) is 2. The molecule has 0 aliphatic rings. The van der Waals surface area contributed by atoms with E-state index in [1.165, 1.54) is 6.92 Å². The summed E-state index contributed by atoms with van der Waals surface area (Å²) >= 11 is 0. The quantitative estimate of drug-likeness (QED) is 0.723. The first-order chi connectivity index (χ1) is 6.78. The van der Waals surface area contributed by atoms with E-state index in [1.54, 1.807) is 0 Å². The second-order valence-electron chi connectivity index (χ2n) is 2.72. The lowest BCUT2D eigenvalue weighted by Gasteiger charge is -2.10. The van der Waals surface area contributed by atoms with E-state index in [2.05, 4.69) is 9.72 Å². The summed E-state index contributed by atoms with van der Waals surface area (Å²) < 4.78 is 63.1. The van der Waals surface area contributed by atoms with Crippen LogP contribution in [0.25, 0.3) is 0 Å². The van der Waals surface area contributed by atoms with Gasteiger partial charge in [0.05, 0.1) is 0 Å². The van der Waals surface area contributed by atoms with Crippen LogP contribution in [0.2, 0.25) is 0 Å². The molecule has 0 radical (unpaired) electrons. The fourth-order valence-electron chi connectivity index (χ4n) is 0.966. The number of nitrogens with zero attached hydrogens (tertiary/aromatic N) is 1. The molecule has 0 bridgehead atoms. The predicted molar refractivity (Wildman–Crippen MR) is 40.6 cm³/mol. The lowest BCUT2D eigenvalue weighted by Crippen LogP contribution is -2.17. The first-order valence-electron chi connectivity index (χ1n) is 3.80. The Labute approximate surface area is 81.7 Å². The largest absolute Gasteiger partial charge is 0.573 e. The summed E-state index contributed by atoms with van der Waals surface area (Å²) in [4.78, 5) is 3.37. The summed E-state index contributed by atoms with van der Waals surface area (Å²) in [5.74, 6) is -0.690. The van der Waals surface area contributed by atoms with Gasteiger partial charge in [0.25, 0.3) is 6.43 Å². The standard InChI is InChI=1S/C8H6F5NO/c1-4-2-5(15-8(11,12)13)3-6(14-4)7(9)10/h2-3,7H,1H3. The molecule has 2 nitrogen and oxygen atoms in total. The van der Waals surface area contributed by atoms with Gasteiger partial charge in [-0.1, -0.05) is 0 Å². The summed E-state index contributed by atoms with van der Waals surface area (Å²) in [6.45, 7) is 1.30. The third kappa shape index (κ3) is 3.69. The fourth-order valence-corrected chi connectivity index (χ4v) is 0.966. The monoisotopic (exact) mass is 227 g/mol. The Hall–Kier alpha value is -1.40. The van der Waals surface area contributed by atoms with Gasteiger partial charge in [-0.25, -0.2) is 8.78 Å². The lowest BCUT2D eigenvalue weighted by molar-refractivity contribution is -0.274. The number of halogens is 5. The number of aromatic nitrogens is 1. The molecule has 0 aromatic carbocycles. The Morgan fingerprint density at radius 2 is 1.87 bits per heavy atom. The molecule has 0 saturated heterocycles. The maximum atomic E-state index is 12.2. The number of pyridine rings is 1. The molecule has 1 rings (SSSR count). The summed E-state index contributed by atoms with van der Waals surface area (Å²) in [5, 5.41) is 0. The first kappa shape index (κ1) is 11.7. The zero-order chi connectivity index (χ0) is 11.6. The van der Waals surface area contributed by atoms with Gasteiger partial charge in [0, 0.05) is 17.8 Å². The predicted octanol–water partition coefficient (Wildman–Crippen LogP) is 3.23. The van der Waals surface area contributed by atoms with Crippen LogP contribution in [-0.4, -0.2) is 11.3 Å². The van der Waals surface area contributed by atoms with E-state index in [0.717, 1.165) is 6.07 Å². The van der Waals surface area contributed by atoms with Crippen LogP contribution in [0.4, 0.5) is 22.0 Å². The second-order valence-corrected chi connectivity index (χ2v) is 2.72. The van der Waals surface area contributed by atoms with Crippen molar-refractivity contribution in [3.8, 4) is 5.75 Å². The van der Waals surface area contributed by atoms with Gasteiger partial charge in [-0.15, -0.1) is 13.2 Å². The van der Waals surface area contributed by atoms with Crippen LogP contribution in [0.3, 0.4) is 0 Å². The van der Waals surface area contributed by atoms with E-state index in [-0.39, 0.29) is 5.69 Å². The molecule has 0 N–H and O–H groups in total. The number of ether oxygens (including phenoxy) is 1. The van der Waals surface area contributed by atoms with E-state index in [1.807, 2.05) is 0 Å². The van der Waals surface area contributed by atoms with Crippen molar-refractivity contribution in [2.45, 2.75) is 19.7 Å². The molecule has 84 valence electrons. The third-order valence-electron chi connectivity index (χ3n) is 1.40. The SMILES string of the molecule is Cc1cc(OC(F)(F)F)cc(C(F)F)n1. The van der Waals surface area contributed by atoms with Crippen LogP contribution in [0.15, 0.2) is 12.1 Å². The van der Waals surface area contributed by atoms with Crippen molar-refractivity contribution < 1.29 is 26.7 Å². The van der Waals surface area contributed by atoms with Crippen molar-refractivity contribution in [2.24, 2.45) is 0 Å². The van der Waals surface area contributed by atoms with E-state index >= 15 is 0 Å². The number of rotatable bonds is 2. The van der Waals surface area contributed by atoms with Gasteiger partial charge in [0.1, 0.15) is 11.4 Å². The smallest absolute Gasteiger partial charge is 0.406 e. The molecule has 0 fully saturated rings. The molecule has 1 aromatic rings. The first-order valence-corrected chi connectivity index (χ1v) is 3.80. The van der Waals surface area contributed by atoms with Gasteiger partial charge in [0.15, 0.2) is 0 Å². The van der Waals surface area contributed by atoms with Crippen LogP contribution in [0.5, 0.6) is 5.75 Å². The summed E-state index contributed by atoms with van der Waals surface area (Å²) in [6.07, 6.45) is -7.83. The minimum atomic E-state index is -4.90. The number of aryl methyl sites for hydroxylation is 1. The molecule has 1 heterocycles. The molecule has 0 spiro atoms. The van der Waals surface area contributed by atoms with Crippen LogP contribution in [0, 0.1) is 6.92 Å². The van der Waals surface area contributed by atoms with Crippen LogP contribution >= 0.6 is 0 Å². The number of hydrogen-bond donors (Lipinski definition) is 0. The molecule has 15 heavy (non-hydrogen) atoms. The summed E-state index contributed by atoms with van der Waals surface area (Å²) in [5.41, 5.74) is -0.707. The Morgan fingerprint density at radius 1 is 1.27 bits per heavy atom. The topological polar surface area (TPSA) is 22.1 Å². The minimum absolute atomic E-state index is 0.0343. The van der Waals surface area contributed by atoms with Crippen molar-refractivity contribution in [3.05, 3.63) is 23.5 Å². The van der Waals surface area contributed by atoms with Crippen molar-refractivity contribution in [2.75, 3.05) is 0 Å². The molecule has 0 amide bonds. The molecular formula is C8H6F5NO. The normalized spacial score (nSPS) is 11.9. The van der Waals surface area contributed by atoms with Gasteiger partial charge >= 0.3 is 6.36 Å². The average Bonchev–Trinajstić information content (AvgIpc) is 1.99.